The molecule has 5 rings (SSSR count). The number of nitrogens with zero attached hydrogens (tertiary/aromatic N) is 4. The van der Waals surface area contributed by atoms with Crippen LogP contribution in [-0.4, -0.2) is 52.4 Å². The second-order valence-electron chi connectivity index (χ2n) is 9.85. The summed E-state index contributed by atoms with van der Waals surface area (Å²) >= 11 is 0. The predicted octanol–water partition coefficient (Wildman–Crippen LogP) is 2.75. The number of benzene rings is 2. The topological polar surface area (TPSA) is 81.4 Å². The minimum atomic E-state index is -0.404. The highest BCUT2D eigenvalue weighted by molar-refractivity contribution is 7.28. The Balaban J connectivity index is 1.32. The Kier molecular flexibility index (Phi) is 7.91. The normalized spacial score (nSPS) is 13.7. The number of ether oxygens (including phenoxy) is 1. The van der Waals surface area contributed by atoms with E-state index in [0.717, 1.165) is 29.9 Å². The fourth-order valence-electron chi connectivity index (χ4n) is 4.83. The van der Waals surface area contributed by atoms with Gasteiger partial charge in [0.25, 0.3) is 11.5 Å². The van der Waals surface area contributed by atoms with Crippen molar-refractivity contribution in [1.82, 2.24) is 24.6 Å². The standard InChI is InChI=1S/C29H31FN5O3P/c1-33-16-21(17-33)27-23(29(37)31-13-22-24(30)10-11-25(38-2)28(22)39)18-35(32-27)15-20-8-6-19(7-9-20)14-34-12-4-3-5-26(34)36/h3-12,18,21H,13-17,39H2,1-2H3,(H,31,37). The molecule has 0 aliphatic carbocycles. The molecule has 0 spiro atoms. The van der Waals surface area contributed by atoms with E-state index >= 15 is 0 Å². The molecule has 1 saturated heterocycles. The number of aromatic nitrogens is 3. The lowest BCUT2D eigenvalue weighted by Gasteiger charge is -2.35. The minimum Gasteiger partial charge on any atom is -0.496 e. The van der Waals surface area contributed by atoms with Crippen LogP contribution in [0.1, 0.15) is 38.7 Å². The lowest BCUT2D eigenvalue weighted by molar-refractivity contribution is 0.0946. The number of amides is 1. The fraction of sp³-hybridized carbons (Fsp3) is 0.276. The largest absolute Gasteiger partial charge is 0.496 e. The molecule has 1 atom stereocenters. The molecule has 1 N–H and O–H groups in total. The number of carbonyl (C=O) groups excluding carboxylic acids is 1. The van der Waals surface area contributed by atoms with E-state index in [1.54, 1.807) is 39.8 Å². The zero-order valence-electron chi connectivity index (χ0n) is 21.9. The maximum atomic E-state index is 14.5. The molecular weight excluding hydrogens is 516 g/mol. The van der Waals surface area contributed by atoms with Crippen LogP contribution in [0.2, 0.25) is 0 Å². The van der Waals surface area contributed by atoms with Crippen molar-refractivity contribution >= 4 is 20.5 Å². The average Bonchev–Trinajstić information content (AvgIpc) is 3.32. The van der Waals surface area contributed by atoms with Crippen LogP contribution in [0.3, 0.4) is 0 Å². The van der Waals surface area contributed by atoms with Crippen molar-refractivity contribution in [2.24, 2.45) is 0 Å². The van der Waals surface area contributed by atoms with Crippen LogP contribution in [0, 0.1) is 5.82 Å². The van der Waals surface area contributed by atoms with Gasteiger partial charge in [0.1, 0.15) is 11.6 Å². The van der Waals surface area contributed by atoms with Crippen LogP contribution in [-0.2, 0) is 19.6 Å². The zero-order valence-corrected chi connectivity index (χ0v) is 23.1. The van der Waals surface area contributed by atoms with E-state index < -0.39 is 5.82 Å². The van der Waals surface area contributed by atoms with Crippen molar-refractivity contribution in [3.05, 3.63) is 111 Å². The summed E-state index contributed by atoms with van der Waals surface area (Å²) in [5.74, 6) is 0.00668. The Labute approximate surface area is 228 Å². The summed E-state index contributed by atoms with van der Waals surface area (Å²) in [5, 5.41) is 8.24. The lowest BCUT2D eigenvalue weighted by Crippen LogP contribution is -2.42. The van der Waals surface area contributed by atoms with Gasteiger partial charge >= 0.3 is 0 Å². The number of carbonyl (C=O) groups is 1. The number of methoxy groups -OCH3 is 1. The summed E-state index contributed by atoms with van der Waals surface area (Å²) < 4.78 is 23.2. The smallest absolute Gasteiger partial charge is 0.255 e. The SMILES string of the molecule is COc1ccc(F)c(CNC(=O)c2cn(Cc3ccc(Cn4ccccc4=O)cc3)nc2C2CN(C)C2)c1P. The third kappa shape index (κ3) is 5.95. The van der Waals surface area contributed by atoms with E-state index in [9.17, 15) is 14.0 Å². The van der Waals surface area contributed by atoms with Gasteiger partial charge in [-0.05, 0) is 36.4 Å². The molecule has 1 unspecified atom stereocenters. The molecule has 39 heavy (non-hydrogen) atoms. The molecule has 0 saturated carbocycles. The molecule has 2 aromatic carbocycles. The number of likely N-dealkylation sites (N-methyl/N-ethyl adjacent to an activating group) is 1. The monoisotopic (exact) mass is 547 g/mol. The fourth-order valence-corrected chi connectivity index (χ4v) is 5.28. The van der Waals surface area contributed by atoms with E-state index in [0.29, 0.717) is 35.3 Å². The van der Waals surface area contributed by atoms with Crippen LogP contribution < -0.4 is 20.9 Å². The first-order valence-electron chi connectivity index (χ1n) is 12.7. The summed E-state index contributed by atoms with van der Waals surface area (Å²) in [7, 11) is 6.05. The van der Waals surface area contributed by atoms with E-state index in [-0.39, 0.29) is 23.9 Å². The summed E-state index contributed by atoms with van der Waals surface area (Å²) in [6.45, 7) is 2.67. The number of rotatable bonds is 9. The number of hydrogen-bond acceptors (Lipinski definition) is 5. The highest BCUT2D eigenvalue weighted by Gasteiger charge is 2.31. The number of likely N-dealkylation sites (tertiary alicyclic amines) is 1. The van der Waals surface area contributed by atoms with Gasteiger partial charge < -0.3 is 19.5 Å². The third-order valence-electron chi connectivity index (χ3n) is 7.01. The van der Waals surface area contributed by atoms with Gasteiger partial charge in [-0.1, -0.05) is 30.3 Å². The van der Waals surface area contributed by atoms with Crippen LogP contribution in [0.25, 0.3) is 0 Å². The lowest BCUT2D eigenvalue weighted by atomic mass is 9.94. The second-order valence-corrected chi connectivity index (χ2v) is 10.4. The van der Waals surface area contributed by atoms with Gasteiger partial charge in [-0.25, -0.2) is 4.39 Å². The van der Waals surface area contributed by atoms with Gasteiger partial charge in [0, 0.05) is 54.9 Å². The van der Waals surface area contributed by atoms with Crippen molar-refractivity contribution in [2.75, 3.05) is 27.2 Å². The Morgan fingerprint density at radius 3 is 2.49 bits per heavy atom. The maximum absolute atomic E-state index is 14.5. The quantitative estimate of drug-likeness (QED) is 0.326. The molecule has 0 radical (unpaired) electrons. The molecule has 1 amide bonds. The molecule has 1 aliphatic heterocycles. The molecule has 202 valence electrons. The molecule has 10 heteroatoms. The molecule has 0 bridgehead atoms. The van der Waals surface area contributed by atoms with Crippen LogP contribution in [0.4, 0.5) is 4.39 Å². The van der Waals surface area contributed by atoms with E-state index in [4.69, 9.17) is 9.84 Å². The highest BCUT2D eigenvalue weighted by atomic mass is 31.0. The molecule has 4 aromatic rings. The Bertz CT molecular complexity index is 1540. The Hall–Kier alpha value is -3.81. The summed E-state index contributed by atoms with van der Waals surface area (Å²) in [6, 6.07) is 16.0. The molecule has 8 nitrogen and oxygen atoms in total. The summed E-state index contributed by atoms with van der Waals surface area (Å²) in [4.78, 5) is 27.5. The van der Waals surface area contributed by atoms with E-state index in [2.05, 4.69) is 19.5 Å². The van der Waals surface area contributed by atoms with Gasteiger partial charge in [-0.2, -0.15) is 5.10 Å². The molecule has 2 aromatic heterocycles. The first-order chi connectivity index (χ1) is 18.8. The van der Waals surface area contributed by atoms with Crippen molar-refractivity contribution < 1.29 is 13.9 Å². The molecule has 1 aliphatic rings. The van der Waals surface area contributed by atoms with Gasteiger partial charge in [0.2, 0.25) is 0 Å². The highest BCUT2D eigenvalue weighted by Crippen LogP contribution is 2.28. The first-order valence-corrected chi connectivity index (χ1v) is 13.3. The average molecular weight is 548 g/mol. The van der Waals surface area contributed by atoms with Crippen molar-refractivity contribution in [3.8, 4) is 5.75 Å². The number of halogens is 1. The van der Waals surface area contributed by atoms with Gasteiger partial charge in [-0.3, -0.25) is 14.3 Å². The molecule has 3 heterocycles. The van der Waals surface area contributed by atoms with Gasteiger partial charge in [0.15, 0.2) is 0 Å². The third-order valence-corrected chi connectivity index (χ3v) is 7.64. The zero-order chi connectivity index (χ0) is 27.5. The maximum Gasteiger partial charge on any atom is 0.255 e. The van der Waals surface area contributed by atoms with E-state index in [1.165, 1.54) is 13.2 Å². The number of nitrogens with one attached hydrogen (secondary N) is 1. The summed E-state index contributed by atoms with van der Waals surface area (Å²) in [6.07, 6.45) is 3.54. The molecular formula is C29H31FN5O3P. The Morgan fingerprint density at radius 1 is 1.10 bits per heavy atom. The van der Waals surface area contributed by atoms with Crippen LogP contribution in [0.15, 0.2) is 71.8 Å². The van der Waals surface area contributed by atoms with Crippen LogP contribution in [0.5, 0.6) is 5.75 Å². The minimum absolute atomic E-state index is 0.0296. The summed E-state index contributed by atoms with van der Waals surface area (Å²) in [5.41, 5.74) is 3.62. The number of hydrogen-bond donors (Lipinski definition) is 1. The van der Waals surface area contributed by atoms with Gasteiger partial charge in [-0.15, -0.1) is 9.24 Å². The van der Waals surface area contributed by atoms with Crippen molar-refractivity contribution in [1.29, 1.82) is 0 Å². The Morgan fingerprint density at radius 2 is 1.82 bits per heavy atom. The van der Waals surface area contributed by atoms with E-state index in [1.807, 2.05) is 37.4 Å². The first kappa shape index (κ1) is 26.8. The molecule has 1 fully saturated rings. The predicted molar refractivity (Wildman–Crippen MR) is 151 cm³/mol. The number of pyridine rings is 1. The second kappa shape index (κ2) is 11.5. The van der Waals surface area contributed by atoms with Crippen LogP contribution >= 0.6 is 9.24 Å². The van der Waals surface area contributed by atoms with Gasteiger partial charge in [0.05, 0.1) is 31.5 Å². The van der Waals surface area contributed by atoms with Crippen molar-refractivity contribution in [2.45, 2.75) is 25.6 Å². The van der Waals surface area contributed by atoms with Crippen molar-refractivity contribution in [3.63, 3.8) is 0 Å².